The van der Waals surface area contributed by atoms with Crippen molar-refractivity contribution in [3.63, 3.8) is 0 Å². The van der Waals surface area contributed by atoms with Crippen molar-refractivity contribution >= 4 is 68.1 Å². The molecule has 1 amide bonds. The van der Waals surface area contributed by atoms with E-state index in [-0.39, 0.29) is 56.5 Å². The van der Waals surface area contributed by atoms with Gasteiger partial charge in [0.1, 0.15) is 43.9 Å². The number of nitrogens with zero attached hydrogens (tertiary/aromatic N) is 9. The zero-order valence-corrected chi connectivity index (χ0v) is 33.7. The number of nitrogens with one attached hydrogen (secondary N) is 2. The Hall–Kier alpha value is -3.94. The lowest BCUT2D eigenvalue weighted by Gasteiger charge is -2.32. The van der Waals surface area contributed by atoms with Crippen molar-refractivity contribution in [3.05, 3.63) is 46.4 Å². The maximum absolute atomic E-state index is 16.9. The van der Waals surface area contributed by atoms with Gasteiger partial charge in [-0.1, -0.05) is 13.8 Å². The highest BCUT2D eigenvalue weighted by molar-refractivity contribution is 8.07. The van der Waals surface area contributed by atoms with Gasteiger partial charge >= 0.3 is 6.72 Å². The predicted molar refractivity (Wildman–Crippen MR) is 211 cm³/mol. The van der Waals surface area contributed by atoms with Crippen molar-refractivity contribution in [2.75, 3.05) is 44.9 Å². The van der Waals surface area contributed by atoms with Gasteiger partial charge in [0.2, 0.25) is 33.8 Å². The summed E-state index contributed by atoms with van der Waals surface area (Å²) in [5, 5.41) is 22.9. The van der Waals surface area contributed by atoms with E-state index in [1.165, 1.54) is 28.1 Å². The number of alkyl halides is 1. The molecule has 3 saturated heterocycles. The van der Waals surface area contributed by atoms with Crippen molar-refractivity contribution in [1.82, 2.24) is 39.0 Å². The minimum absolute atomic E-state index is 0.00495. The van der Waals surface area contributed by atoms with Crippen LogP contribution in [0.2, 0.25) is 0 Å². The number of carbonyl (C=O) groups excluding carboxylic acids is 1. The van der Waals surface area contributed by atoms with Crippen LogP contribution in [0.4, 0.5) is 10.3 Å². The molecule has 0 aromatic carbocycles. The van der Waals surface area contributed by atoms with E-state index in [0.717, 1.165) is 0 Å². The molecule has 0 radical (unpaired) electrons. The molecule has 4 aromatic rings. The molecule has 22 nitrogen and oxygen atoms in total. The summed E-state index contributed by atoms with van der Waals surface area (Å²) in [6.07, 6.45) is -5.07. The Morgan fingerprint density at radius 1 is 1.19 bits per heavy atom. The Labute approximate surface area is 342 Å². The van der Waals surface area contributed by atoms with Crippen LogP contribution in [0.1, 0.15) is 38.4 Å². The summed E-state index contributed by atoms with van der Waals surface area (Å²) in [6.45, 7) is 6.82. The van der Waals surface area contributed by atoms with Crippen molar-refractivity contribution < 1.29 is 50.9 Å². The second-order valence-electron chi connectivity index (χ2n) is 13.4. The molecule has 3 aliphatic heterocycles. The number of ether oxygens (including phenoxy) is 2. The Bertz CT molecular complexity index is 2380. The topological polar surface area (TPSA) is 258 Å². The standard InChI is InChI=1S/C32H41BFN11O11P2S/c1-16(2)28(47)42-32-41-27-23(29(48)43-32)40-15-45(27)31-24-18(10-46)19(53-31)11-52-58(59,50-9-7-36-4)56-25-20(12-51-57(33,55-24)49-8-5-6-35)54-30(21(25)34)44-14-39-22-17(3)37-13-38-26(22)44/h13-16,18-21,24-25,30-31,46H,5,7-12H2,1-3,33H3,(H2,41,42,43,47,48)/t18-,19?,20+,21-,24-,25-,30?,31+,57?,58-/m0/s1. The van der Waals surface area contributed by atoms with Crippen LogP contribution in [-0.4, -0.2) is 128 Å². The molecule has 0 aliphatic carbocycles. The molecular formula is C32H41BFN11O11P2S. The number of aliphatic hydroxyl groups is 1. The molecule has 3 unspecified atom stereocenters. The average molecular weight is 880 g/mol. The summed E-state index contributed by atoms with van der Waals surface area (Å²) in [5.74, 6) is -1.82. The van der Waals surface area contributed by atoms with Gasteiger partial charge < -0.3 is 28.5 Å². The maximum Gasteiger partial charge on any atom is 0.327 e. The van der Waals surface area contributed by atoms with Crippen LogP contribution in [0.25, 0.3) is 27.2 Å². The normalized spacial score (nSPS) is 31.3. The number of imidazole rings is 2. The van der Waals surface area contributed by atoms with E-state index in [4.69, 9.17) is 55.0 Å². The first-order valence-corrected chi connectivity index (χ1v) is 21.6. The van der Waals surface area contributed by atoms with Gasteiger partial charge in [0.05, 0.1) is 50.2 Å². The number of aromatic nitrogens is 8. The van der Waals surface area contributed by atoms with Crippen LogP contribution in [0.15, 0.2) is 23.8 Å². The number of rotatable bonds is 11. The minimum Gasteiger partial charge on any atom is -0.396 e. The van der Waals surface area contributed by atoms with E-state index in [0.29, 0.717) is 16.9 Å². The molecule has 0 spiro atoms. The molecule has 3 N–H and O–H groups in total. The fourth-order valence-electron chi connectivity index (χ4n) is 6.39. The number of anilines is 1. The van der Waals surface area contributed by atoms with Crippen molar-refractivity contribution in [3.8, 4) is 6.07 Å². The van der Waals surface area contributed by atoms with Crippen molar-refractivity contribution in [2.24, 2.45) is 11.8 Å². The lowest BCUT2D eigenvalue weighted by Crippen LogP contribution is -2.35. The third-order valence-electron chi connectivity index (χ3n) is 9.32. The van der Waals surface area contributed by atoms with Gasteiger partial charge in [0, 0.05) is 11.8 Å². The molecule has 316 valence electrons. The first-order valence-electron chi connectivity index (χ1n) is 17.9. The highest BCUT2D eigenvalue weighted by Crippen LogP contribution is 2.63. The van der Waals surface area contributed by atoms with Crippen molar-refractivity contribution in [1.29, 1.82) is 5.26 Å². The molecule has 4 aromatic heterocycles. The lowest BCUT2D eigenvalue weighted by atomic mass is 9.99. The number of aliphatic hydroxyl groups excluding tert-OH is 1. The smallest absolute Gasteiger partial charge is 0.327 e. The first-order chi connectivity index (χ1) is 28.3. The molecule has 10 atom stereocenters. The van der Waals surface area contributed by atoms with Gasteiger partial charge in [0.25, 0.3) is 5.56 Å². The Kier molecular flexibility index (Phi) is 13.1. The van der Waals surface area contributed by atoms with E-state index in [1.54, 1.807) is 20.8 Å². The second-order valence-corrected chi connectivity index (χ2v) is 17.6. The summed E-state index contributed by atoms with van der Waals surface area (Å²) >= 11 is 5.85. The monoisotopic (exact) mass is 879 g/mol. The van der Waals surface area contributed by atoms with Crippen LogP contribution in [0.5, 0.6) is 0 Å². The van der Waals surface area contributed by atoms with E-state index in [9.17, 15) is 20.0 Å². The average Bonchev–Trinajstić information content (AvgIpc) is 3.97. The number of hydrogen-bond acceptors (Lipinski definition) is 18. The number of carbonyl (C=O) groups is 1. The molecule has 59 heavy (non-hydrogen) atoms. The third kappa shape index (κ3) is 8.94. The molecule has 0 saturated carbocycles. The number of aryl methyl sites for hydroxylation is 1. The number of H-pyrrole nitrogens is 1. The van der Waals surface area contributed by atoms with E-state index in [1.807, 2.05) is 6.07 Å². The zero-order valence-electron chi connectivity index (χ0n) is 31.1. The lowest BCUT2D eigenvalue weighted by molar-refractivity contribution is -0.118. The van der Waals surface area contributed by atoms with E-state index in [2.05, 4.69) is 40.1 Å². The molecule has 7 rings (SSSR count). The highest BCUT2D eigenvalue weighted by atomic mass is 32.5. The Balaban J connectivity index is 1.28. The maximum atomic E-state index is 16.9. The third-order valence-corrected chi connectivity index (χ3v) is 12.8. The van der Waals surface area contributed by atoms with Gasteiger partial charge in [-0.2, -0.15) is 10.2 Å². The van der Waals surface area contributed by atoms with Gasteiger partial charge in [-0.05, 0) is 18.7 Å². The summed E-state index contributed by atoms with van der Waals surface area (Å²) < 4.78 is 70.6. The van der Waals surface area contributed by atoms with Gasteiger partial charge in [-0.3, -0.25) is 33.5 Å². The van der Waals surface area contributed by atoms with Crippen molar-refractivity contribution in [2.45, 2.75) is 70.2 Å². The number of fused-ring (bicyclic) bond motifs is 5. The van der Waals surface area contributed by atoms with Crippen LogP contribution >= 0.6 is 14.5 Å². The van der Waals surface area contributed by atoms with Crippen LogP contribution in [-0.2, 0) is 53.2 Å². The number of halogens is 1. The summed E-state index contributed by atoms with van der Waals surface area (Å²) in [6, 6.07) is 2.04. The van der Waals surface area contributed by atoms with Crippen LogP contribution < -0.4 is 10.9 Å². The molecule has 3 fully saturated rings. The molecular weight excluding hydrogens is 838 g/mol. The molecule has 3 aliphatic rings. The fourth-order valence-corrected chi connectivity index (χ4v) is 9.64. The number of hydrogen-bond donors (Lipinski definition) is 3. The number of nitriles is 1. The Morgan fingerprint density at radius 2 is 1.93 bits per heavy atom. The molecule has 7 heterocycles. The number of amides is 1. The molecule has 2 bridgehead atoms. The first kappa shape index (κ1) is 43.2. The van der Waals surface area contributed by atoms with Crippen LogP contribution in [0.3, 0.4) is 0 Å². The molecule has 27 heteroatoms. The SMILES string of the molecule is [BH3-][P+]1(OCCC#N)OC[C@H]2OC(n3cnc4c(C)ncnc43)[C@@H](F)[C@H]2O[P@](=S)(OCC[N+]#[C-])OCC2O[C@@H](n3cnc4c(=O)[nH]c(NC(=O)C(C)C)nc43)[C@@H](O1)[C@H]2CO. The summed E-state index contributed by atoms with van der Waals surface area (Å²) in [5.41, 5.74) is 0.639. The zero-order chi connectivity index (χ0) is 42.1. The van der Waals surface area contributed by atoms with Gasteiger partial charge in [0.15, 0.2) is 41.5 Å². The predicted octanol–water partition coefficient (Wildman–Crippen LogP) is 1.55. The van der Waals surface area contributed by atoms with Gasteiger partial charge in [-0.15, -0.1) is 0 Å². The second kappa shape index (κ2) is 18.0. The largest absolute Gasteiger partial charge is 0.396 e. The van der Waals surface area contributed by atoms with Crippen LogP contribution in [0, 0.1) is 36.7 Å². The number of aromatic amines is 1. The van der Waals surface area contributed by atoms with E-state index < -0.39 is 95.1 Å². The van der Waals surface area contributed by atoms with E-state index >= 15 is 4.39 Å². The summed E-state index contributed by atoms with van der Waals surface area (Å²) in [4.78, 5) is 53.1. The van der Waals surface area contributed by atoms with Gasteiger partial charge in [-0.25, -0.2) is 44.5 Å². The Morgan fingerprint density at radius 3 is 2.66 bits per heavy atom. The highest BCUT2D eigenvalue weighted by Gasteiger charge is 2.56. The quantitative estimate of drug-likeness (QED) is 0.0836. The minimum atomic E-state index is -3.95. The summed E-state index contributed by atoms with van der Waals surface area (Å²) in [7, 11) is -4.44. The fraction of sp³-hybridized carbons (Fsp3) is 0.594.